The molecule has 4 heterocycles. The van der Waals surface area contributed by atoms with Gasteiger partial charge in [-0.05, 0) is 71.1 Å². The molecule has 322 valence electrons. The molecule has 0 unspecified atom stereocenters. The van der Waals surface area contributed by atoms with Crippen molar-refractivity contribution in [3.8, 4) is 11.5 Å². The molecule has 19 nitrogen and oxygen atoms in total. The van der Waals surface area contributed by atoms with Crippen molar-refractivity contribution in [2.24, 2.45) is 11.5 Å². The number of nitrogens with one attached hydrogen (secondary N) is 3. The Morgan fingerprint density at radius 1 is 0.770 bits per heavy atom. The summed E-state index contributed by atoms with van der Waals surface area (Å²) < 4.78 is 58.3. The number of ether oxygens (including phenoxy) is 2. The second-order valence-electron chi connectivity index (χ2n) is 13.6. The van der Waals surface area contributed by atoms with E-state index in [1.165, 1.54) is 31.4 Å². The van der Waals surface area contributed by atoms with Gasteiger partial charge in [-0.25, -0.2) is 9.97 Å². The molecule has 0 bridgehead atoms. The number of carbonyl (C=O) groups is 4. The van der Waals surface area contributed by atoms with Gasteiger partial charge in [0.05, 0.1) is 30.4 Å². The lowest BCUT2D eigenvalue weighted by Gasteiger charge is -2.13. The third-order valence-electron chi connectivity index (χ3n) is 9.46. The number of aryl methyl sites for hydroxylation is 3. The van der Waals surface area contributed by atoms with Crippen LogP contribution < -0.4 is 36.9 Å². The number of methoxy groups -OCH3 is 1. The highest BCUT2D eigenvalue weighted by atomic mass is 19.4. The van der Waals surface area contributed by atoms with Gasteiger partial charge in [0, 0.05) is 43.4 Å². The number of imidazole rings is 2. The summed E-state index contributed by atoms with van der Waals surface area (Å²) in [5.74, 6) is -2.43. The molecule has 0 radical (unpaired) electrons. The van der Waals surface area contributed by atoms with Gasteiger partial charge in [-0.2, -0.15) is 23.4 Å². The predicted octanol–water partition coefficient (Wildman–Crippen LogP) is 4.10. The van der Waals surface area contributed by atoms with Gasteiger partial charge in [0.2, 0.25) is 23.7 Å². The van der Waals surface area contributed by atoms with E-state index in [2.05, 4.69) is 36.1 Å². The van der Waals surface area contributed by atoms with Crippen molar-refractivity contribution >= 4 is 57.6 Å². The van der Waals surface area contributed by atoms with Crippen LogP contribution in [0.1, 0.15) is 73.3 Å². The average Bonchev–Trinajstić information content (AvgIpc) is 4.00. The van der Waals surface area contributed by atoms with Crippen molar-refractivity contribution in [2.75, 3.05) is 37.9 Å². The fraction of sp³-hybridized carbons (Fsp3) is 0.333. The van der Waals surface area contributed by atoms with E-state index in [-0.39, 0.29) is 72.0 Å². The molecule has 0 atom stereocenters. The van der Waals surface area contributed by atoms with Crippen LogP contribution in [0.2, 0.25) is 0 Å². The number of carbonyl (C=O) groups excluding carboxylic acids is 4. The highest BCUT2D eigenvalue weighted by Gasteiger charge is 2.36. The van der Waals surface area contributed by atoms with Gasteiger partial charge in [0.1, 0.15) is 33.9 Å². The fourth-order valence-corrected chi connectivity index (χ4v) is 6.63. The predicted molar refractivity (Wildman–Crippen MR) is 218 cm³/mol. The van der Waals surface area contributed by atoms with E-state index in [0.717, 1.165) is 4.68 Å². The van der Waals surface area contributed by atoms with Gasteiger partial charge in [0.15, 0.2) is 5.69 Å². The fourth-order valence-electron chi connectivity index (χ4n) is 6.63. The zero-order valence-corrected chi connectivity index (χ0v) is 33.9. The minimum Gasteiger partial charge on any atom is -0.494 e. The summed E-state index contributed by atoms with van der Waals surface area (Å²) in [6.45, 7) is 6.44. The van der Waals surface area contributed by atoms with E-state index in [1.54, 1.807) is 52.9 Å². The molecular weight excluding hydrogens is 804 g/mol. The molecule has 61 heavy (non-hydrogen) atoms. The number of anilines is 2. The summed E-state index contributed by atoms with van der Waals surface area (Å²) in [4.78, 5) is 61.0. The first-order valence-corrected chi connectivity index (χ1v) is 19.0. The molecule has 0 aliphatic rings. The molecule has 0 saturated carbocycles. The monoisotopic (exact) mass is 847 g/mol. The molecule has 4 aromatic heterocycles. The highest BCUT2D eigenvalue weighted by Crippen LogP contribution is 2.34. The van der Waals surface area contributed by atoms with Crippen LogP contribution in [0.3, 0.4) is 0 Å². The summed E-state index contributed by atoms with van der Waals surface area (Å²) in [5, 5.41) is 16.4. The number of aromatic nitrogens is 8. The van der Waals surface area contributed by atoms with E-state index < -0.39 is 35.5 Å². The van der Waals surface area contributed by atoms with E-state index >= 15 is 0 Å². The van der Waals surface area contributed by atoms with Crippen LogP contribution in [-0.4, -0.2) is 89.6 Å². The minimum absolute atomic E-state index is 0.0119. The van der Waals surface area contributed by atoms with Gasteiger partial charge in [-0.15, -0.1) is 0 Å². The Bertz CT molecular complexity index is 2670. The molecule has 0 aliphatic heterocycles. The molecule has 22 heteroatoms. The molecule has 6 aromatic rings. The number of nitrogens with zero attached hydrogens (tertiary/aromatic N) is 8. The number of hydrogen-bond acceptors (Lipinski definition) is 11. The number of benzene rings is 2. The van der Waals surface area contributed by atoms with Crippen LogP contribution in [0, 0.1) is 6.92 Å². The zero-order chi connectivity index (χ0) is 44.2. The van der Waals surface area contributed by atoms with Crippen LogP contribution in [0.15, 0.2) is 48.6 Å². The summed E-state index contributed by atoms with van der Waals surface area (Å²) >= 11 is 0. The van der Waals surface area contributed by atoms with Crippen molar-refractivity contribution in [1.82, 2.24) is 44.0 Å². The summed E-state index contributed by atoms with van der Waals surface area (Å²) in [6.07, 6.45) is -0.782. The van der Waals surface area contributed by atoms with Crippen molar-refractivity contribution in [2.45, 2.75) is 59.5 Å². The van der Waals surface area contributed by atoms with Crippen LogP contribution in [-0.2, 0) is 32.4 Å². The Labute approximate surface area is 345 Å². The van der Waals surface area contributed by atoms with Crippen LogP contribution in [0.25, 0.3) is 22.1 Å². The van der Waals surface area contributed by atoms with Gasteiger partial charge < -0.3 is 35.4 Å². The van der Waals surface area contributed by atoms with E-state index in [9.17, 15) is 32.3 Å². The Balaban J connectivity index is 1.42. The van der Waals surface area contributed by atoms with Gasteiger partial charge >= 0.3 is 6.18 Å². The number of allylic oxidation sites excluding steroid dienone is 2. The van der Waals surface area contributed by atoms with Crippen molar-refractivity contribution in [1.29, 1.82) is 0 Å². The maximum Gasteiger partial charge on any atom is 0.435 e. The number of primary amides is 2. The highest BCUT2D eigenvalue weighted by molar-refractivity contribution is 6.05. The number of hydrogen-bond donors (Lipinski definition) is 5. The Kier molecular flexibility index (Phi) is 12.8. The number of nitrogens with two attached hydrogens (primary N) is 2. The molecule has 0 fully saturated rings. The smallest absolute Gasteiger partial charge is 0.435 e. The van der Waals surface area contributed by atoms with E-state index in [4.69, 9.17) is 20.9 Å². The SMILES string of the molecule is CCn1nc(C)cc1C(=O)Nc1nc2cc(C(N)=O)cc(OC)c2n1C/C=C/Cn1c(NC(=O)c2cc(C(F)(F)F)nn2CC)nc2cc(C(N)=O)cc(OCCCNC)c21. The quantitative estimate of drug-likeness (QED) is 0.0609. The van der Waals surface area contributed by atoms with Crippen LogP contribution in [0.5, 0.6) is 11.5 Å². The first-order chi connectivity index (χ1) is 29.1. The minimum atomic E-state index is -4.80. The topological polar surface area (TPSA) is 246 Å². The summed E-state index contributed by atoms with van der Waals surface area (Å²) in [6, 6.07) is 8.09. The average molecular weight is 848 g/mol. The Hall–Kier alpha value is -7.23. The van der Waals surface area contributed by atoms with Crippen molar-refractivity contribution in [3.05, 3.63) is 82.5 Å². The zero-order valence-electron chi connectivity index (χ0n) is 33.9. The lowest BCUT2D eigenvalue weighted by atomic mass is 10.1. The first kappa shape index (κ1) is 43.4. The summed E-state index contributed by atoms with van der Waals surface area (Å²) in [7, 11) is 3.19. The van der Waals surface area contributed by atoms with Gasteiger partial charge in [-0.1, -0.05) is 12.2 Å². The number of amides is 4. The molecule has 2 aromatic carbocycles. The molecule has 0 aliphatic carbocycles. The normalized spacial score (nSPS) is 11.8. The number of halogens is 3. The molecule has 4 amide bonds. The largest absolute Gasteiger partial charge is 0.494 e. The Morgan fingerprint density at radius 2 is 1.28 bits per heavy atom. The van der Waals surface area contributed by atoms with E-state index in [1.807, 2.05) is 6.92 Å². The maximum absolute atomic E-state index is 13.7. The lowest BCUT2D eigenvalue weighted by molar-refractivity contribution is -0.141. The molecule has 0 spiro atoms. The van der Waals surface area contributed by atoms with E-state index in [0.29, 0.717) is 53.5 Å². The van der Waals surface area contributed by atoms with Crippen LogP contribution >= 0.6 is 0 Å². The first-order valence-electron chi connectivity index (χ1n) is 19.0. The standard InChI is InChI=1S/C39H44F3N13O6/c1-6-54-26(15-21(3)50-54)35(58)48-37-46-24-16-22(33(43)56)18-28(60-5)31(24)52(37)12-8-9-13-53-32-25(17-23(34(44)57)19-29(32)61-14-10-11-45-4)47-38(53)49-36(59)27-20-30(39(40,41)42)51-55(27)7-2/h8-9,15-20,45H,6-7,10-14H2,1-5H3,(H2,43,56)(H2,44,57)(H,46,48,58)(H,47,49,59)/b9-8+. The molecule has 0 saturated heterocycles. The molecule has 7 N–H and O–H groups in total. The second-order valence-corrected chi connectivity index (χ2v) is 13.6. The molecule has 6 rings (SSSR count). The van der Waals surface area contributed by atoms with Crippen LogP contribution in [0.4, 0.5) is 25.1 Å². The second kappa shape index (κ2) is 17.9. The van der Waals surface area contributed by atoms with Crippen molar-refractivity contribution < 1.29 is 41.8 Å². The number of fused-ring (bicyclic) bond motifs is 2. The van der Waals surface area contributed by atoms with Gasteiger partial charge in [-0.3, -0.25) is 39.2 Å². The van der Waals surface area contributed by atoms with Crippen molar-refractivity contribution in [3.63, 3.8) is 0 Å². The lowest BCUT2D eigenvalue weighted by Crippen LogP contribution is -2.20. The summed E-state index contributed by atoms with van der Waals surface area (Å²) in [5.41, 5.74) is 12.0. The third-order valence-corrected chi connectivity index (χ3v) is 9.46. The van der Waals surface area contributed by atoms with Gasteiger partial charge in [0.25, 0.3) is 11.8 Å². The third kappa shape index (κ3) is 9.17. The Morgan fingerprint density at radius 3 is 1.77 bits per heavy atom. The number of rotatable bonds is 18. The number of alkyl halides is 3. The maximum atomic E-state index is 13.7. The molecular formula is C39H44F3N13O6.